The van der Waals surface area contributed by atoms with Gasteiger partial charge in [-0.1, -0.05) is 30.3 Å². The minimum Gasteiger partial charge on any atom is -0.396 e. The maximum atomic E-state index is 8.87. The summed E-state index contributed by atoms with van der Waals surface area (Å²) < 4.78 is 1.89. The van der Waals surface area contributed by atoms with Crippen molar-refractivity contribution < 1.29 is 5.11 Å². The minimum atomic E-state index is 0.215. The molecule has 0 saturated heterocycles. The number of nitrogens with zero attached hydrogens (tertiary/aromatic N) is 4. The van der Waals surface area contributed by atoms with E-state index in [9.17, 15) is 0 Å². The highest BCUT2D eigenvalue weighted by Gasteiger charge is 2.10. The Morgan fingerprint density at radius 1 is 1.09 bits per heavy atom. The zero-order valence-electron chi connectivity index (χ0n) is 12.2. The Hall–Kier alpha value is -1.92. The van der Waals surface area contributed by atoms with E-state index in [0.717, 1.165) is 41.2 Å². The summed E-state index contributed by atoms with van der Waals surface area (Å²) in [5.74, 6) is 0.878. The molecular formula is C16H18N4OS. The summed E-state index contributed by atoms with van der Waals surface area (Å²) >= 11 is 1.70. The monoisotopic (exact) mass is 314 g/mol. The molecule has 0 aliphatic rings. The highest BCUT2D eigenvalue weighted by Crippen LogP contribution is 2.27. The van der Waals surface area contributed by atoms with Crippen molar-refractivity contribution >= 4 is 22.8 Å². The third kappa shape index (κ3) is 3.45. The molecule has 0 bridgehead atoms. The van der Waals surface area contributed by atoms with Gasteiger partial charge in [0.2, 0.25) is 0 Å². The van der Waals surface area contributed by atoms with Crippen LogP contribution in [0.5, 0.6) is 0 Å². The van der Waals surface area contributed by atoms with Crippen LogP contribution in [-0.4, -0.2) is 31.5 Å². The van der Waals surface area contributed by atoms with Gasteiger partial charge in [0.25, 0.3) is 0 Å². The van der Waals surface area contributed by atoms with Crippen LogP contribution in [0.4, 0.5) is 0 Å². The zero-order valence-corrected chi connectivity index (χ0v) is 13.0. The van der Waals surface area contributed by atoms with Crippen molar-refractivity contribution in [3.63, 3.8) is 0 Å². The van der Waals surface area contributed by atoms with Crippen molar-refractivity contribution in [1.82, 2.24) is 19.7 Å². The normalized spacial score (nSPS) is 11.1. The average Bonchev–Trinajstić information content (AvgIpc) is 2.98. The van der Waals surface area contributed by atoms with Gasteiger partial charge in [0.15, 0.2) is 5.65 Å². The Morgan fingerprint density at radius 3 is 2.77 bits per heavy atom. The van der Waals surface area contributed by atoms with Crippen LogP contribution in [0.25, 0.3) is 11.0 Å². The van der Waals surface area contributed by atoms with Gasteiger partial charge < -0.3 is 5.11 Å². The Labute approximate surface area is 133 Å². The first-order valence-electron chi connectivity index (χ1n) is 7.32. The predicted octanol–water partition coefficient (Wildman–Crippen LogP) is 2.89. The molecule has 3 rings (SSSR count). The van der Waals surface area contributed by atoms with Gasteiger partial charge in [-0.3, -0.25) is 0 Å². The SMILES string of the molecule is OCCCCn1ncc2c(SCc3ccccc3)ncnc21. The van der Waals surface area contributed by atoms with Crippen molar-refractivity contribution in [3.05, 3.63) is 48.4 Å². The Balaban J connectivity index is 1.76. The van der Waals surface area contributed by atoms with Crippen LogP contribution in [0.15, 0.2) is 47.9 Å². The number of aryl methyl sites for hydroxylation is 1. The smallest absolute Gasteiger partial charge is 0.162 e. The summed E-state index contributed by atoms with van der Waals surface area (Å²) in [5, 5.41) is 15.2. The molecule has 114 valence electrons. The van der Waals surface area contributed by atoms with Crippen LogP contribution in [0.3, 0.4) is 0 Å². The molecule has 2 heterocycles. The summed E-state index contributed by atoms with van der Waals surface area (Å²) in [5.41, 5.74) is 2.14. The summed E-state index contributed by atoms with van der Waals surface area (Å²) in [6.07, 6.45) is 5.10. The number of benzene rings is 1. The van der Waals surface area contributed by atoms with Crippen molar-refractivity contribution in [1.29, 1.82) is 0 Å². The number of fused-ring (bicyclic) bond motifs is 1. The van der Waals surface area contributed by atoms with Gasteiger partial charge in [0.1, 0.15) is 11.4 Å². The van der Waals surface area contributed by atoms with Gasteiger partial charge in [-0.05, 0) is 18.4 Å². The first-order valence-corrected chi connectivity index (χ1v) is 8.31. The largest absolute Gasteiger partial charge is 0.396 e. The summed E-state index contributed by atoms with van der Waals surface area (Å²) in [7, 11) is 0. The number of rotatable bonds is 7. The van der Waals surface area contributed by atoms with Crippen LogP contribution in [0.2, 0.25) is 0 Å². The highest BCUT2D eigenvalue weighted by atomic mass is 32.2. The molecule has 0 spiro atoms. The molecule has 0 radical (unpaired) electrons. The van der Waals surface area contributed by atoms with Crippen molar-refractivity contribution in [2.45, 2.75) is 30.2 Å². The number of hydrogen-bond donors (Lipinski definition) is 1. The Kier molecular flexibility index (Phi) is 5.03. The van der Waals surface area contributed by atoms with E-state index in [0.29, 0.717) is 0 Å². The molecule has 5 nitrogen and oxygen atoms in total. The number of hydrogen-bond acceptors (Lipinski definition) is 5. The van der Waals surface area contributed by atoms with Crippen molar-refractivity contribution in [2.75, 3.05) is 6.61 Å². The van der Waals surface area contributed by atoms with Crippen molar-refractivity contribution in [3.8, 4) is 0 Å². The molecule has 22 heavy (non-hydrogen) atoms. The summed E-state index contributed by atoms with van der Waals surface area (Å²) in [4.78, 5) is 8.74. The molecule has 0 saturated carbocycles. The minimum absolute atomic E-state index is 0.215. The molecule has 0 unspecified atom stereocenters. The van der Waals surface area contributed by atoms with Crippen LogP contribution in [0, 0.1) is 0 Å². The molecule has 0 amide bonds. The fourth-order valence-electron chi connectivity index (χ4n) is 2.25. The van der Waals surface area contributed by atoms with Gasteiger partial charge in [-0.2, -0.15) is 5.10 Å². The molecule has 0 aliphatic carbocycles. The van der Waals surface area contributed by atoms with Crippen LogP contribution < -0.4 is 0 Å². The van der Waals surface area contributed by atoms with E-state index in [2.05, 4.69) is 27.2 Å². The molecule has 1 aromatic carbocycles. The topological polar surface area (TPSA) is 63.8 Å². The molecule has 1 N–H and O–H groups in total. The first-order chi connectivity index (χ1) is 10.9. The second-order valence-corrected chi connectivity index (χ2v) is 5.95. The lowest BCUT2D eigenvalue weighted by molar-refractivity contribution is 0.280. The summed E-state index contributed by atoms with van der Waals surface area (Å²) in [6.45, 7) is 0.982. The second kappa shape index (κ2) is 7.38. The molecule has 0 aliphatic heterocycles. The van der Waals surface area contributed by atoms with E-state index in [-0.39, 0.29) is 6.61 Å². The maximum absolute atomic E-state index is 8.87. The van der Waals surface area contributed by atoms with Crippen LogP contribution in [0.1, 0.15) is 18.4 Å². The highest BCUT2D eigenvalue weighted by molar-refractivity contribution is 7.98. The van der Waals surface area contributed by atoms with Gasteiger partial charge in [-0.25, -0.2) is 14.6 Å². The molecule has 3 aromatic rings. The average molecular weight is 314 g/mol. The van der Waals surface area contributed by atoms with E-state index in [1.807, 2.05) is 29.1 Å². The van der Waals surface area contributed by atoms with Crippen LogP contribution >= 0.6 is 11.8 Å². The molecule has 2 aromatic heterocycles. The number of aliphatic hydroxyl groups excluding tert-OH is 1. The van der Waals surface area contributed by atoms with Gasteiger partial charge in [0, 0.05) is 18.9 Å². The number of unbranched alkanes of at least 4 members (excludes halogenated alkanes) is 1. The quantitative estimate of drug-likeness (QED) is 0.413. The second-order valence-electron chi connectivity index (χ2n) is 4.99. The zero-order chi connectivity index (χ0) is 15.2. The van der Waals surface area contributed by atoms with Crippen molar-refractivity contribution in [2.24, 2.45) is 0 Å². The molecule has 6 heteroatoms. The third-order valence-electron chi connectivity index (χ3n) is 3.39. The van der Waals surface area contributed by atoms with E-state index in [1.54, 1.807) is 18.1 Å². The fourth-order valence-corrected chi connectivity index (χ4v) is 3.17. The van der Waals surface area contributed by atoms with E-state index >= 15 is 0 Å². The third-order valence-corrected chi connectivity index (χ3v) is 4.47. The number of aromatic nitrogens is 4. The Morgan fingerprint density at radius 2 is 1.95 bits per heavy atom. The van der Waals surface area contributed by atoms with Crippen LogP contribution in [-0.2, 0) is 12.3 Å². The first kappa shape index (κ1) is 15.0. The van der Waals surface area contributed by atoms with Gasteiger partial charge in [-0.15, -0.1) is 11.8 Å². The maximum Gasteiger partial charge on any atom is 0.162 e. The van der Waals surface area contributed by atoms with E-state index < -0.39 is 0 Å². The van der Waals surface area contributed by atoms with E-state index in [4.69, 9.17) is 5.11 Å². The lowest BCUT2D eigenvalue weighted by atomic mass is 10.2. The van der Waals surface area contributed by atoms with E-state index in [1.165, 1.54) is 5.56 Å². The lowest BCUT2D eigenvalue weighted by Gasteiger charge is -2.04. The number of thioether (sulfide) groups is 1. The Bertz CT molecular complexity index is 729. The standard InChI is InChI=1S/C16H18N4OS/c21-9-5-4-8-20-15-14(10-19-20)16(18-12-17-15)22-11-13-6-2-1-3-7-13/h1-3,6-7,10,12,21H,4-5,8-9,11H2. The number of aliphatic hydroxyl groups is 1. The summed E-state index contributed by atoms with van der Waals surface area (Å²) in [6, 6.07) is 10.3. The lowest BCUT2D eigenvalue weighted by Crippen LogP contribution is -2.02. The molecule has 0 fully saturated rings. The van der Waals surface area contributed by atoms with Gasteiger partial charge >= 0.3 is 0 Å². The molecular weight excluding hydrogens is 296 g/mol. The van der Waals surface area contributed by atoms with Gasteiger partial charge in [0.05, 0.1) is 11.6 Å². The molecule has 0 atom stereocenters. The fraction of sp³-hybridized carbons (Fsp3) is 0.312. The predicted molar refractivity (Wildman–Crippen MR) is 87.6 cm³/mol.